The number of fused-ring (bicyclic) bond motifs is 1. The van der Waals surface area contributed by atoms with Crippen molar-refractivity contribution in [3.05, 3.63) is 41.5 Å². The molecule has 0 unspecified atom stereocenters. The molecule has 1 saturated heterocycles. The van der Waals surface area contributed by atoms with Gasteiger partial charge in [0.15, 0.2) is 5.82 Å². The summed E-state index contributed by atoms with van der Waals surface area (Å²) in [5, 5.41) is 17.1. The van der Waals surface area contributed by atoms with E-state index in [-0.39, 0.29) is 4.90 Å². The Morgan fingerprint density at radius 2 is 1.97 bits per heavy atom. The van der Waals surface area contributed by atoms with Crippen molar-refractivity contribution in [1.29, 1.82) is 0 Å². The number of nitrogens with one attached hydrogen (secondary N) is 1. The monoisotopic (exact) mass is 436 g/mol. The minimum atomic E-state index is -4.18. The van der Waals surface area contributed by atoms with Crippen molar-refractivity contribution in [2.24, 2.45) is 0 Å². The molecule has 1 aliphatic rings. The number of aromatic amines is 1. The van der Waals surface area contributed by atoms with Crippen molar-refractivity contribution in [1.82, 2.24) is 14.5 Å². The van der Waals surface area contributed by atoms with E-state index >= 15 is 0 Å². The van der Waals surface area contributed by atoms with Gasteiger partial charge in [0.2, 0.25) is 10.0 Å². The predicted octanol–water partition coefficient (Wildman–Crippen LogP) is 2.82. The summed E-state index contributed by atoms with van der Waals surface area (Å²) in [7, 11) is -4.18. The molecule has 0 aliphatic carbocycles. The van der Waals surface area contributed by atoms with Gasteiger partial charge < -0.3 is 10.8 Å². The molecule has 7 nitrogen and oxygen atoms in total. The van der Waals surface area contributed by atoms with E-state index in [2.05, 4.69) is 10.2 Å². The number of hydrogen-bond acceptors (Lipinski definition) is 5. The van der Waals surface area contributed by atoms with Gasteiger partial charge >= 0.3 is 0 Å². The van der Waals surface area contributed by atoms with Crippen molar-refractivity contribution < 1.29 is 22.3 Å². The predicted molar refractivity (Wildman–Crippen MR) is 110 cm³/mol. The lowest BCUT2D eigenvalue weighted by atomic mass is 9.94. The number of aryl methyl sites for hydroxylation is 2. The third-order valence-corrected chi connectivity index (χ3v) is 7.55. The number of anilines is 1. The fourth-order valence-electron chi connectivity index (χ4n) is 4.14. The van der Waals surface area contributed by atoms with Gasteiger partial charge in [-0.3, -0.25) is 5.10 Å². The quantitative estimate of drug-likeness (QED) is 0.582. The lowest BCUT2D eigenvalue weighted by molar-refractivity contribution is 0.0161. The van der Waals surface area contributed by atoms with Gasteiger partial charge in [0, 0.05) is 11.8 Å². The van der Waals surface area contributed by atoms with Gasteiger partial charge in [-0.15, -0.1) is 0 Å². The molecule has 1 fully saturated rings. The number of nitrogens with two attached hydrogens (primary N) is 1. The minimum Gasteiger partial charge on any atom is -0.395 e. The van der Waals surface area contributed by atoms with Crippen molar-refractivity contribution in [3.63, 3.8) is 0 Å². The molecule has 0 amide bonds. The zero-order valence-electron chi connectivity index (χ0n) is 16.5. The largest absolute Gasteiger partial charge is 0.395 e. The molecular formula is C20H22F2N4O3S. The number of aliphatic hydroxyl groups is 1. The number of alkyl halides is 2. The van der Waals surface area contributed by atoms with Gasteiger partial charge in [-0.25, -0.2) is 17.2 Å². The second-order valence-electron chi connectivity index (χ2n) is 7.69. The van der Waals surface area contributed by atoms with Crippen molar-refractivity contribution in [2.45, 2.75) is 37.1 Å². The Kier molecular flexibility index (Phi) is 4.83. The highest BCUT2D eigenvalue weighted by molar-refractivity contribution is 7.89. The van der Waals surface area contributed by atoms with Crippen LogP contribution in [0.15, 0.2) is 35.2 Å². The highest BCUT2D eigenvalue weighted by Crippen LogP contribution is 2.38. The number of aromatic nitrogens is 2. The number of sulfonamides is 1. The smallest absolute Gasteiger partial charge is 0.263 e. The van der Waals surface area contributed by atoms with Crippen LogP contribution >= 0.6 is 0 Å². The zero-order chi connectivity index (χ0) is 21.8. The normalized spacial score (nSPS) is 19.6. The number of halogens is 2. The summed E-state index contributed by atoms with van der Waals surface area (Å²) < 4.78 is 54.3. The Bertz CT molecular complexity index is 1240. The van der Waals surface area contributed by atoms with Crippen LogP contribution in [-0.4, -0.2) is 53.1 Å². The first-order valence-electron chi connectivity index (χ1n) is 9.40. The van der Waals surface area contributed by atoms with Crippen LogP contribution in [0.5, 0.6) is 0 Å². The zero-order valence-corrected chi connectivity index (χ0v) is 17.3. The molecule has 30 heavy (non-hydrogen) atoms. The Morgan fingerprint density at radius 3 is 2.63 bits per heavy atom. The minimum absolute atomic E-state index is 0.0820. The molecule has 160 valence electrons. The standard InChI is InChI=1S/C20H22F2N4O3S/c1-11-7-14(30(28,29)26-10-20(21,22)8-13(26)9-27)3-4-15(11)16-5-6-17-18(12(16)2)19(23)25-24-17/h3-7,13,27H,8-10H2,1-2H3,(H3,23,24,25)/t13-/m1/s1. The first kappa shape index (κ1) is 20.7. The Morgan fingerprint density at radius 1 is 1.27 bits per heavy atom. The van der Waals surface area contributed by atoms with E-state index in [4.69, 9.17) is 5.73 Å². The first-order valence-corrected chi connectivity index (χ1v) is 10.8. The van der Waals surface area contributed by atoms with Crippen LogP contribution < -0.4 is 5.73 Å². The van der Waals surface area contributed by atoms with E-state index in [1.54, 1.807) is 13.0 Å². The number of benzene rings is 2. The fourth-order valence-corrected chi connectivity index (χ4v) is 5.87. The first-order chi connectivity index (χ1) is 14.0. The van der Waals surface area contributed by atoms with Crippen LogP contribution in [0.1, 0.15) is 17.5 Å². The highest BCUT2D eigenvalue weighted by Gasteiger charge is 2.49. The maximum Gasteiger partial charge on any atom is 0.263 e. The summed E-state index contributed by atoms with van der Waals surface area (Å²) in [6.07, 6.45) is -0.689. The van der Waals surface area contributed by atoms with E-state index in [1.165, 1.54) is 12.1 Å². The van der Waals surface area contributed by atoms with E-state index in [0.29, 0.717) is 15.7 Å². The van der Waals surface area contributed by atoms with Crippen molar-refractivity contribution in [3.8, 4) is 11.1 Å². The molecule has 0 radical (unpaired) electrons. The van der Waals surface area contributed by atoms with Crippen LogP contribution in [0.25, 0.3) is 22.0 Å². The summed E-state index contributed by atoms with van der Waals surface area (Å²) in [5.41, 5.74) is 10.0. The number of aliphatic hydroxyl groups excluding tert-OH is 1. The summed E-state index contributed by atoms with van der Waals surface area (Å²) in [6.45, 7) is 2.08. The van der Waals surface area contributed by atoms with E-state index < -0.39 is 41.6 Å². The van der Waals surface area contributed by atoms with Gasteiger partial charge in [-0.05, 0) is 54.3 Å². The second-order valence-corrected chi connectivity index (χ2v) is 9.58. The van der Waals surface area contributed by atoms with Crippen LogP contribution in [0.4, 0.5) is 14.6 Å². The van der Waals surface area contributed by atoms with Gasteiger partial charge in [0.25, 0.3) is 5.92 Å². The number of rotatable bonds is 4. The maximum atomic E-state index is 13.8. The Hall–Kier alpha value is -2.56. The summed E-state index contributed by atoms with van der Waals surface area (Å²) in [4.78, 5) is -0.0820. The maximum absolute atomic E-state index is 13.8. The summed E-state index contributed by atoms with van der Waals surface area (Å²) >= 11 is 0. The lowest BCUT2D eigenvalue weighted by Crippen LogP contribution is -2.38. The van der Waals surface area contributed by atoms with Gasteiger partial charge in [0.1, 0.15) is 0 Å². The highest BCUT2D eigenvalue weighted by atomic mass is 32.2. The molecule has 1 aromatic heterocycles. The third-order valence-electron chi connectivity index (χ3n) is 5.65. The molecule has 3 aromatic rings. The van der Waals surface area contributed by atoms with Crippen molar-refractivity contribution in [2.75, 3.05) is 18.9 Å². The average molecular weight is 436 g/mol. The number of H-pyrrole nitrogens is 1. The van der Waals surface area contributed by atoms with E-state index in [1.807, 2.05) is 19.1 Å². The molecule has 10 heteroatoms. The Balaban J connectivity index is 1.76. The summed E-state index contributed by atoms with van der Waals surface area (Å²) in [6, 6.07) is 7.15. The van der Waals surface area contributed by atoms with Gasteiger partial charge in [-0.2, -0.15) is 9.40 Å². The van der Waals surface area contributed by atoms with Gasteiger partial charge in [0.05, 0.1) is 29.6 Å². The molecule has 0 saturated carbocycles. The fraction of sp³-hybridized carbons (Fsp3) is 0.350. The van der Waals surface area contributed by atoms with Gasteiger partial charge in [-0.1, -0.05) is 12.1 Å². The molecule has 0 spiro atoms. The van der Waals surface area contributed by atoms with Crippen LogP contribution in [0.3, 0.4) is 0 Å². The molecular weight excluding hydrogens is 414 g/mol. The molecule has 2 aromatic carbocycles. The lowest BCUT2D eigenvalue weighted by Gasteiger charge is -2.22. The van der Waals surface area contributed by atoms with E-state index in [0.717, 1.165) is 27.6 Å². The van der Waals surface area contributed by atoms with Crippen LogP contribution in [-0.2, 0) is 10.0 Å². The Labute approximate surface area is 172 Å². The summed E-state index contributed by atoms with van der Waals surface area (Å²) in [5.74, 6) is -2.78. The second kappa shape index (κ2) is 7.00. The molecule has 2 heterocycles. The topological polar surface area (TPSA) is 112 Å². The number of hydrogen-bond donors (Lipinski definition) is 3. The van der Waals surface area contributed by atoms with Crippen molar-refractivity contribution >= 4 is 26.7 Å². The molecule has 0 bridgehead atoms. The molecule has 1 atom stereocenters. The van der Waals surface area contributed by atoms with Crippen LogP contribution in [0, 0.1) is 13.8 Å². The molecule has 4 rings (SSSR count). The number of nitrogen functional groups attached to an aromatic ring is 1. The molecule has 1 aliphatic heterocycles. The SMILES string of the molecule is Cc1cc(S(=O)(=O)N2CC(F)(F)C[C@@H]2CO)ccc1-c1ccc2[nH]nc(N)c2c1C. The average Bonchev–Trinajstić information content (AvgIpc) is 3.22. The molecule has 4 N–H and O–H groups in total. The van der Waals surface area contributed by atoms with Crippen LogP contribution in [0.2, 0.25) is 0 Å². The third kappa shape index (κ3) is 3.24. The van der Waals surface area contributed by atoms with E-state index in [9.17, 15) is 22.3 Å². The number of nitrogens with zero attached hydrogens (tertiary/aromatic N) is 2.